The molecule has 3 rings (SSSR count). The van der Waals surface area contributed by atoms with Crippen molar-refractivity contribution in [2.45, 2.75) is 0 Å². The predicted molar refractivity (Wildman–Crippen MR) is 60.3 cm³/mol. The molecule has 0 aliphatic rings. The highest BCUT2D eigenvalue weighted by molar-refractivity contribution is 6.33. The van der Waals surface area contributed by atoms with Gasteiger partial charge in [0, 0.05) is 6.20 Å². The summed E-state index contributed by atoms with van der Waals surface area (Å²) >= 11 is 6.07. The van der Waals surface area contributed by atoms with Gasteiger partial charge in [0.1, 0.15) is 11.3 Å². The number of nitrogens with one attached hydrogen (secondary N) is 1. The smallest absolute Gasteiger partial charge is 0.356 e. The van der Waals surface area contributed by atoms with Crippen LogP contribution in [0.3, 0.4) is 0 Å². The predicted octanol–water partition coefficient (Wildman–Crippen LogP) is 0.866. The monoisotopic (exact) mass is 264 g/mol. The van der Waals surface area contributed by atoms with Gasteiger partial charge in [0.25, 0.3) is 0 Å². The van der Waals surface area contributed by atoms with Crippen molar-refractivity contribution >= 4 is 23.2 Å². The van der Waals surface area contributed by atoms with Crippen molar-refractivity contribution in [3.05, 3.63) is 29.0 Å². The lowest BCUT2D eigenvalue weighted by Crippen LogP contribution is -1.95. The summed E-state index contributed by atoms with van der Waals surface area (Å²) in [6.45, 7) is 0. The molecule has 0 aliphatic heterocycles. The van der Waals surface area contributed by atoms with Crippen molar-refractivity contribution in [3.63, 3.8) is 0 Å². The molecule has 3 aromatic heterocycles. The first-order valence-electron chi connectivity index (χ1n) is 4.82. The topological polar surface area (TPSA) is 109 Å². The molecule has 0 bridgehead atoms. The molecule has 3 aromatic rings. The highest BCUT2D eigenvalue weighted by Gasteiger charge is 2.16. The number of aromatic carboxylic acids is 1. The Balaban J connectivity index is 2.35. The summed E-state index contributed by atoms with van der Waals surface area (Å²) in [5.74, 6) is -0.781. The van der Waals surface area contributed by atoms with Crippen LogP contribution in [-0.4, -0.2) is 41.1 Å². The van der Waals surface area contributed by atoms with Crippen LogP contribution in [0.15, 0.2) is 18.3 Å². The molecule has 0 unspecified atom stereocenters. The quantitative estimate of drug-likeness (QED) is 0.711. The maximum Gasteiger partial charge on any atom is 0.356 e. The number of carbonyl (C=O) groups is 1. The molecule has 0 radical (unpaired) electrons. The van der Waals surface area contributed by atoms with Gasteiger partial charge in [-0.1, -0.05) is 11.6 Å². The number of tetrazole rings is 1. The van der Waals surface area contributed by atoms with Gasteiger partial charge in [-0.05, 0) is 22.6 Å². The Kier molecular flexibility index (Phi) is 2.23. The molecule has 8 nitrogen and oxygen atoms in total. The van der Waals surface area contributed by atoms with Gasteiger partial charge in [-0.25, -0.2) is 14.9 Å². The van der Waals surface area contributed by atoms with Crippen LogP contribution in [0, 0.1) is 0 Å². The number of imidazole rings is 1. The lowest BCUT2D eigenvalue weighted by Gasteiger charge is -2.03. The second-order valence-electron chi connectivity index (χ2n) is 3.44. The minimum Gasteiger partial charge on any atom is -0.476 e. The molecule has 90 valence electrons. The summed E-state index contributed by atoms with van der Waals surface area (Å²) < 4.78 is 1.52. The molecule has 0 spiro atoms. The summed E-state index contributed by atoms with van der Waals surface area (Å²) in [5.41, 5.74) is 0.827. The van der Waals surface area contributed by atoms with Crippen LogP contribution in [0.25, 0.3) is 17.2 Å². The average Bonchev–Trinajstić information content (AvgIpc) is 2.96. The highest BCUT2D eigenvalue weighted by Crippen LogP contribution is 2.26. The van der Waals surface area contributed by atoms with Crippen molar-refractivity contribution in [3.8, 4) is 11.5 Å². The second kappa shape index (κ2) is 3.77. The number of aromatic nitrogens is 6. The van der Waals surface area contributed by atoms with Gasteiger partial charge in [-0.3, -0.25) is 4.40 Å². The van der Waals surface area contributed by atoms with E-state index >= 15 is 0 Å². The van der Waals surface area contributed by atoms with Crippen molar-refractivity contribution in [1.82, 2.24) is 30.0 Å². The van der Waals surface area contributed by atoms with E-state index in [0.29, 0.717) is 22.2 Å². The molecule has 0 atom stereocenters. The van der Waals surface area contributed by atoms with Gasteiger partial charge in [0.15, 0.2) is 11.5 Å². The number of pyridine rings is 1. The molecule has 0 amide bonds. The molecule has 9 heteroatoms. The molecule has 0 fully saturated rings. The maximum atomic E-state index is 10.9. The van der Waals surface area contributed by atoms with Crippen molar-refractivity contribution in [2.75, 3.05) is 0 Å². The highest BCUT2D eigenvalue weighted by atomic mass is 35.5. The van der Waals surface area contributed by atoms with E-state index < -0.39 is 5.97 Å². The number of rotatable bonds is 2. The summed E-state index contributed by atoms with van der Waals surface area (Å²) in [6, 6.07) is 3.22. The fraction of sp³-hybridized carbons (Fsp3) is 0. The maximum absolute atomic E-state index is 10.9. The van der Waals surface area contributed by atoms with Crippen LogP contribution in [0.2, 0.25) is 5.02 Å². The third-order valence-corrected chi connectivity index (χ3v) is 2.67. The number of fused-ring (bicyclic) bond motifs is 1. The van der Waals surface area contributed by atoms with E-state index in [0.717, 1.165) is 0 Å². The number of hydrogen-bond donors (Lipinski definition) is 2. The first-order valence-corrected chi connectivity index (χ1v) is 5.19. The van der Waals surface area contributed by atoms with Crippen LogP contribution in [0.5, 0.6) is 0 Å². The zero-order chi connectivity index (χ0) is 12.7. The zero-order valence-electron chi connectivity index (χ0n) is 8.70. The minimum absolute atomic E-state index is 0.0778. The van der Waals surface area contributed by atoms with E-state index in [1.165, 1.54) is 10.6 Å². The van der Waals surface area contributed by atoms with Gasteiger partial charge in [0.2, 0.25) is 0 Å². The summed E-state index contributed by atoms with van der Waals surface area (Å²) in [5, 5.41) is 22.5. The third kappa shape index (κ3) is 1.51. The number of halogens is 1. The van der Waals surface area contributed by atoms with Crippen molar-refractivity contribution in [2.24, 2.45) is 0 Å². The molecule has 0 aliphatic carbocycles. The largest absolute Gasteiger partial charge is 0.476 e. The van der Waals surface area contributed by atoms with E-state index in [-0.39, 0.29) is 5.69 Å². The molecule has 3 heterocycles. The molecule has 2 N–H and O–H groups in total. The molecule has 0 saturated heterocycles. The van der Waals surface area contributed by atoms with Crippen LogP contribution in [-0.2, 0) is 0 Å². The Morgan fingerprint density at radius 2 is 2.28 bits per heavy atom. The Morgan fingerprint density at radius 3 is 2.94 bits per heavy atom. The second-order valence-corrected chi connectivity index (χ2v) is 3.85. The third-order valence-electron chi connectivity index (χ3n) is 2.37. The van der Waals surface area contributed by atoms with E-state index in [2.05, 4.69) is 25.6 Å². The van der Waals surface area contributed by atoms with Crippen LogP contribution < -0.4 is 0 Å². The molecular weight excluding hydrogens is 260 g/mol. The van der Waals surface area contributed by atoms with Gasteiger partial charge < -0.3 is 5.11 Å². The fourth-order valence-corrected chi connectivity index (χ4v) is 1.87. The molecular formula is C9H5ClN6O2. The first-order chi connectivity index (χ1) is 8.66. The molecule has 0 saturated carbocycles. The minimum atomic E-state index is -1.11. The Labute approximate surface area is 104 Å². The van der Waals surface area contributed by atoms with Gasteiger partial charge >= 0.3 is 5.97 Å². The summed E-state index contributed by atoms with van der Waals surface area (Å²) in [6.07, 6.45) is 1.36. The number of H-pyrrole nitrogens is 1. The standard InChI is InChI=1S/C9H5ClN6O2/c10-4-1-2-6-11-5(9(17)18)3-16(6)7(4)8-12-14-15-13-8/h1-3H,(H,17,18)(H,12,13,14,15). The molecule has 18 heavy (non-hydrogen) atoms. The van der Waals surface area contributed by atoms with Crippen molar-refractivity contribution < 1.29 is 9.90 Å². The lowest BCUT2D eigenvalue weighted by atomic mass is 10.3. The van der Waals surface area contributed by atoms with E-state index in [4.69, 9.17) is 16.7 Å². The van der Waals surface area contributed by atoms with Gasteiger partial charge in [0.05, 0.1) is 5.02 Å². The van der Waals surface area contributed by atoms with E-state index in [1.807, 2.05) is 0 Å². The zero-order valence-corrected chi connectivity index (χ0v) is 9.46. The van der Waals surface area contributed by atoms with Crippen LogP contribution >= 0.6 is 11.6 Å². The normalized spacial score (nSPS) is 10.9. The van der Waals surface area contributed by atoms with Gasteiger partial charge in [-0.2, -0.15) is 0 Å². The first kappa shape index (κ1) is 10.7. The number of carboxylic acid groups (broad SMARTS) is 1. The average molecular weight is 265 g/mol. The SMILES string of the molecule is O=C(O)c1cn2c(-c3nnn[nH]3)c(Cl)ccc2n1. The Hall–Kier alpha value is -2.48. The van der Waals surface area contributed by atoms with Crippen LogP contribution in [0.1, 0.15) is 10.5 Å². The summed E-state index contributed by atoms with van der Waals surface area (Å²) in [4.78, 5) is 14.8. The van der Waals surface area contributed by atoms with Crippen LogP contribution in [0.4, 0.5) is 0 Å². The summed E-state index contributed by atoms with van der Waals surface area (Å²) in [7, 11) is 0. The van der Waals surface area contributed by atoms with E-state index in [1.54, 1.807) is 12.1 Å². The molecule has 0 aromatic carbocycles. The number of nitrogens with zero attached hydrogens (tertiary/aromatic N) is 5. The van der Waals surface area contributed by atoms with E-state index in [9.17, 15) is 4.79 Å². The van der Waals surface area contributed by atoms with Gasteiger partial charge in [-0.15, -0.1) is 5.10 Å². The Morgan fingerprint density at radius 1 is 1.44 bits per heavy atom. The van der Waals surface area contributed by atoms with Crippen molar-refractivity contribution in [1.29, 1.82) is 0 Å². The lowest BCUT2D eigenvalue weighted by molar-refractivity contribution is 0.0691. The number of aromatic amines is 1. The fourth-order valence-electron chi connectivity index (χ4n) is 1.62. The number of hydrogen-bond acceptors (Lipinski definition) is 5. The Bertz CT molecular complexity index is 735. The number of carboxylic acids is 1.